The van der Waals surface area contributed by atoms with Gasteiger partial charge in [-0.05, 0) is 43.4 Å². The third-order valence-corrected chi connectivity index (χ3v) is 11.2. The number of ether oxygens (including phenoxy) is 11. The van der Waals surface area contributed by atoms with Crippen molar-refractivity contribution in [1.29, 1.82) is 0 Å². The number of fused-ring (bicyclic) bond motifs is 1. The number of benzene rings is 2. The van der Waals surface area contributed by atoms with Gasteiger partial charge in [0.15, 0.2) is 5.66 Å². The number of hydrogen-bond donors (Lipinski definition) is 6. The van der Waals surface area contributed by atoms with Crippen LogP contribution in [0.25, 0.3) is 10.8 Å². The first kappa shape index (κ1) is 66.6. The molecule has 0 fully saturated rings. The molecule has 0 bridgehead atoms. The molecule has 0 aliphatic carbocycles. The van der Waals surface area contributed by atoms with Gasteiger partial charge in [-0.15, -0.1) is 11.6 Å². The Kier molecular flexibility index (Phi) is 37.8. The van der Waals surface area contributed by atoms with Crippen molar-refractivity contribution < 1.29 is 81.2 Å². The summed E-state index contributed by atoms with van der Waals surface area (Å²) in [5.74, 6) is 1.28. The SMILES string of the molecule is CC1(CCN(CCNC(=O)OCCOCCOCCNC(=O)OC/C=C/COC(=O)NCCOCCOCCOC(=O)NCCOCCOCCCCCCCl)C(=O)CCNCC(O)COc2cccc3ccccc23)N=N1. The van der Waals surface area contributed by atoms with Crippen LogP contribution in [0.3, 0.4) is 0 Å². The number of alkyl halides is 1. The molecule has 0 aromatic heterocycles. The van der Waals surface area contributed by atoms with Gasteiger partial charge in [-0.1, -0.05) is 49.2 Å². The van der Waals surface area contributed by atoms with Crippen LogP contribution in [-0.4, -0.2) is 223 Å². The molecule has 1 aliphatic heterocycles. The fourth-order valence-electron chi connectivity index (χ4n) is 6.64. The van der Waals surface area contributed by atoms with Crippen LogP contribution in [0.5, 0.6) is 5.75 Å². The topological polar surface area (TPSA) is 295 Å². The lowest BCUT2D eigenvalue weighted by atomic mass is 10.1. The molecular weight excluding hydrogens is 1040 g/mol. The number of carbonyl (C=O) groups is 5. The highest BCUT2D eigenvalue weighted by molar-refractivity contribution is 6.17. The van der Waals surface area contributed by atoms with E-state index in [2.05, 4.69) is 36.8 Å². The van der Waals surface area contributed by atoms with Crippen LogP contribution in [0.15, 0.2) is 64.8 Å². The highest BCUT2D eigenvalue weighted by Gasteiger charge is 2.34. The van der Waals surface area contributed by atoms with E-state index in [1.54, 1.807) is 4.90 Å². The van der Waals surface area contributed by atoms with Crippen LogP contribution in [0.1, 0.15) is 45.4 Å². The Morgan fingerprint density at radius 1 is 0.590 bits per heavy atom. The zero-order valence-electron chi connectivity index (χ0n) is 45.1. The normalized spacial score (nSPS) is 12.7. The molecule has 1 unspecified atom stereocenters. The van der Waals surface area contributed by atoms with Gasteiger partial charge in [0, 0.05) is 83.1 Å². The number of halogens is 1. The molecule has 6 N–H and O–H groups in total. The Balaban J connectivity index is 1.04. The average molecular weight is 1130 g/mol. The molecule has 2 aromatic rings. The number of aliphatic hydroxyl groups is 1. The molecule has 0 saturated carbocycles. The first-order valence-electron chi connectivity index (χ1n) is 26.6. The minimum atomic E-state index is -0.777. The third-order valence-electron chi connectivity index (χ3n) is 10.9. The van der Waals surface area contributed by atoms with Crippen molar-refractivity contribution in [2.75, 3.05) is 171 Å². The summed E-state index contributed by atoms with van der Waals surface area (Å²) in [6, 6.07) is 13.6. The number of nitrogens with one attached hydrogen (secondary N) is 5. The van der Waals surface area contributed by atoms with Gasteiger partial charge in [0.05, 0.1) is 72.7 Å². The highest BCUT2D eigenvalue weighted by Crippen LogP contribution is 2.31. The number of unbranched alkanes of at least 4 members (excludes halogenated alkanes) is 3. The fourth-order valence-corrected chi connectivity index (χ4v) is 6.83. The lowest BCUT2D eigenvalue weighted by molar-refractivity contribution is -0.131. The molecule has 2 aromatic carbocycles. The van der Waals surface area contributed by atoms with E-state index in [0.29, 0.717) is 64.1 Å². The van der Waals surface area contributed by atoms with E-state index in [4.69, 9.17) is 63.7 Å². The smallest absolute Gasteiger partial charge is 0.407 e. The van der Waals surface area contributed by atoms with Gasteiger partial charge < -0.3 is 88.7 Å². The fraction of sp³-hybridized carbons (Fsp3) is 0.673. The standard InChI is InChI=1S/C52H83ClN8O17/c1-52(59-60-52)16-23-61(47(63)15-18-54-41-44(62)42-78-46-14-10-12-43-11-4-5-13-45(43)46)24-19-55-48(64)76-39-37-72-35-33-70-28-20-56-49(65)74-26-8-9-27-75-50(66)57-21-29-71-34-36-73-38-40-77-51(67)58-22-30-69-32-31-68-25-7-3-2-6-17-53/h4-5,8-14,44,54,62H,2-3,6-7,15-42H2,1H3,(H,55,64)(H,56,65)(H,57,66)(H,58,67)/b9-8+. The number of hydrogen-bond acceptors (Lipinski definition) is 20. The summed E-state index contributed by atoms with van der Waals surface area (Å²) < 4.78 is 58.6. The van der Waals surface area contributed by atoms with Gasteiger partial charge in [0.2, 0.25) is 5.91 Å². The molecule has 25 nitrogen and oxygen atoms in total. The molecule has 1 aliphatic rings. The first-order chi connectivity index (χ1) is 38.1. The first-order valence-corrected chi connectivity index (χ1v) is 27.1. The zero-order valence-corrected chi connectivity index (χ0v) is 45.9. The predicted octanol–water partition coefficient (Wildman–Crippen LogP) is 4.32. The maximum atomic E-state index is 13.1. The second-order valence-corrected chi connectivity index (χ2v) is 17.7. The van der Waals surface area contributed by atoms with Crippen molar-refractivity contribution in [3.63, 3.8) is 0 Å². The Morgan fingerprint density at radius 3 is 1.67 bits per heavy atom. The summed E-state index contributed by atoms with van der Waals surface area (Å²) in [7, 11) is 0. The summed E-state index contributed by atoms with van der Waals surface area (Å²) in [5, 5.41) is 34.0. The molecule has 3 rings (SSSR count). The number of alkyl carbamates (subject to hydrolysis) is 4. The molecule has 5 amide bonds. The van der Waals surface area contributed by atoms with E-state index in [9.17, 15) is 29.1 Å². The second-order valence-electron chi connectivity index (χ2n) is 17.4. The van der Waals surface area contributed by atoms with Crippen molar-refractivity contribution in [2.45, 2.75) is 57.2 Å². The molecular formula is C52H83ClN8O17. The van der Waals surface area contributed by atoms with Crippen LogP contribution in [0, 0.1) is 0 Å². The Morgan fingerprint density at radius 2 is 1.09 bits per heavy atom. The van der Waals surface area contributed by atoms with Gasteiger partial charge in [0.1, 0.15) is 44.9 Å². The number of amides is 5. The monoisotopic (exact) mass is 1130 g/mol. The van der Waals surface area contributed by atoms with E-state index in [0.717, 1.165) is 36.5 Å². The molecule has 1 heterocycles. The van der Waals surface area contributed by atoms with E-state index in [1.807, 2.05) is 49.4 Å². The molecule has 1 atom stereocenters. The van der Waals surface area contributed by atoms with Crippen LogP contribution >= 0.6 is 11.6 Å². The summed E-state index contributed by atoms with van der Waals surface area (Å²) in [6.07, 6.45) is 4.80. The quantitative estimate of drug-likeness (QED) is 0.0233. The summed E-state index contributed by atoms with van der Waals surface area (Å²) in [6.45, 7) is 8.03. The van der Waals surface area contributed by atoms with E-state index < -0.39 is 36.1 Å². The van der Waals surface area contributed by atoms with Crippen molar-refractivity contribution in [1.82, 2.24) is 31.5 Å². The second kappa shape index (κ2) is 44.2. The van der Waals surface area contributed by atoms with Gasteiger partial charge in [-0.25, -0.2) is 19.2 Å². The summed E-state index contributed by atoms with van der Waals surface area (Å²) >= 11 is 5.65. The molecule has 440 valence electrons. The Hall–Kier alpha value is -5.64. The molecule has 0 spiro atoms. The molecule has 0 saturated heterocycles. The van der Waals surface area contributed by atoms with Crippen LogP contribution < -0.4 is 31.3 Å². The lowest BCUT2D eigenvalue weighted by Gasteiger charge is -2.24. The van der Waals surface area contributed by atoms with Crippen molar-refractivity contribution in [3.05, 3.63) is 54.6 Å². The van der Waals surface area contributed by atoms with Crippen LogP contribution in [-0.2, 0) is 52.2 Å². The minimum absolute atomic E-state index is 0.00551. The lowest BCUT2D eigenvalue weighted by Crippen LogP contribution is -2.41. The van der Waals surface area contributed by atoms with Gasteiger partial charge >= 0.3 is 24.4 Å². The zero-order chi connectivity index (χ0) is 56.0. The maximum absolute atomic E-state index is 13.1. The molecule has 26 heteroatoms. The van der Waals surface area contributed by atoms with Crippen molar-refractivity contribution >= 4 is 52.7 Å². The summed E-state index contributed by atoms with van der Waals surface area (Å²) in [4.78, 5) is 62.5. The van der Waals surface area contributed by atoms with Gasteiger partial charge in [-0.3, -0.25) is 4.79 Å². The van der Waals surface area contributed by atoms with Crippen LogP contribution in [0.2, 0.25) is 0 Å². The predicted molar refractivity (Wildman–Crippen MR) is 288 cm³/mol. The van der Waals surface area contributed by atoms with Crippen molar-refractivity contribution in [2.24, 2.45) is 10.2 Å². The molecule has 0 radical (unpaired) electrons. The average Bonchev–Trinajstić information content (AvgIpc) is 4.22. The summed E-state index contributed by atoms with van der Waals surface area (Å²) in [5.41, 5.74) is -0.490. The van der Waals surface area contributed by atoms with E-state index in [-0.39, 0.29) is 131 Å². The van der Waals surface area contributed by atoms with Crippen LogP contribution in [0.4, 0.5) is 19.2 Å². The Labute approximate surface area is 462 Å². The van der Waals surface area contributed by atoms with E-state index >= 15 is 0 Å². The minimum Gasteiger partial charge on any atom is -0.490 e. The molecule has 78 heavy (non-hydrogen) atoms. The highest BCUT2D eigenvalue weighted by atomic mass is 35.5. The van der Waals surface area contributed by atoms with Crippen molar-refractivity contribution in [3.8, 4) is 5.75 Å². The van der Waals surface area contributed by atoms with Gasteiger partial charge in [0.25, 0.3) is 0 Å². The number of nitrogens with zero attached hydrogens (tertiary/aromatic N) is 3. The Bertz CT molecular complexity index is 2000. The number of carbonyl (C=O) groups excluding carboxylic acids is 5. The number of rotatable bonds is 48. The van der Waals surface area contributed by atoms with E-state index in [1.165, 1.54) is 12.2 Å². The third kappa shape index (κ3) is 35.7. The largest absolute Gasteiger partial charge is 0.490 e. The maximum Gasteiger partial charge on any atom is 0.407 e. The number of aliphatic hydroxyl groups excluding tert-OH is 1. The van der Waals surface area contributed by atoms with Gasteiger partial charge in [-0.2, -0.15) is 10.2 Å².